The Morgan fingerprint density at radius 1 is 1.16 bits per heavy atom. The van der Waals surface area contributed by atoms with Crippen LogP contribution >= 0.6 is 0 Å². The van der Waals surface area contributed by atoms with E-state index in [4.69, 9.17) is 0 Å². The monoisotopic (exact) mass is 253 g/mol. The molecule has 0 saturated carbocycles. The van der Waals surface area contributed by atoms with Gasteiger partial charge in [-0.3, -0.25) is 9.97 Å². The number of hydrogen-bond donors (Lipinski definition) is 1. The lowest BCUT2D eigenvalue weighted by Crippen LogP contribution is -2.10. The molecule has 0 aliphatic rings. The van der Waals surface area contributed by atoms with Gasteiger partial charge in [0.1, 0.15) is 0 Å². The highest BCUT2D eigenvalue weighted by Crippen LogP contribution is 2.14. The second-order valence-corrected chi connectivity index (χ2v) is 4.30. The molecule has 0 radical (unpaired) electrons. The van der Waals surface area contributed by atoms with E-state index in [1.807, 2.05) is 35.3 Å². The first kappa shape index (κ1) is 11.8. The van der Waals surface area contributed by atoms with Crippen LogP contribution in [-0.4, -0.2) is 26.3 Å². The summed E-state index contributed by atoms with van der Waals surface area (Å²) in [7, 11) is 0. The van der Waals surface area contributed by atoms with Gasteiger partial charge in [0, 0.05) is 30.7 Å². The summed E-state index contributed by atoms with van der Waals surface area (Å²) in [6.45, 7) is 3.88. The third kappa shape index (κ3) is 2.46. The Kier molecular flexibility index (Phi) is 3.20. The molecule has 5 heteroatoms. The molecule has 0 fully saturated rings. The average molecular weight is 253 g/mol. The molecule has 5 nitrogen and oxygen atoms in total. The molecule has 3 rings (SSSR count). The van der Waals surface area contributed by atoms with E-state index in [2.05, 4.69) is 27.3 Å². The van der Waals surface area contributed by atoms with Crippen molar-refractivity contribution in [2.75, 3.05) is 6.54 Å². The van der Waals surface area contributed by atoms with Crippen LogP contribution in [-0.2, 0) is 6.54 Å². The fraction of sp³-hybridized carbons (Fsp3) is 0.214. The summed E-state index contributed by atoms with van der Waals surface area (Å²) >= 11 is 0. The average Bonchev–Trinajstić information content (AvgIpc) is 2.93. The summed E-state index contributed by atoms with van der Waals surface area (Å²) in [6, 6.07) is 5.96. The highest BCUT2D eigenvalue weighted by atomic mass is 15.3. The molecule has 0 amide bonds. The van der Waals surface area contributed by atoms with Crippen molar-refractivity contribution in [3.8, 4) is 5.69 Å². The lowest BCUT2D eigenvalue weighted by atomic mass is 10.2. The number of aromatic nitrogens is 4. The molecule has 3 aromatic rings. The molecule has 1 N–H and O–H groups in total. The van der Waals surface area contributed by atoms with Crippen LogP contribution in [0.15, 0.2) is 43.0 Å². The van der Waals surface area contributed by atoms with Crippen LogP contribution in [0.25, 0.3) is 16.7 Å². The minimum Gasteiger partial charge on any atom is -0.313 e. The van der Waals surface area contributed by atoms with Crippen molar-refractivity contribution in [1.29, 1.82) is 0 Å². The molecular formula is C14H15N5. The first-order valence-corrected chi connectivity index (χ1v) is 6.32. The van der Waals surface area contributed by atoms with Gasteiger partial charge < -0.3 is 5.32 Å². The molecule has 0 unspecified atom stereocenters. The fourth-order valence-corrected chi connectivity index (χ4v) is 1.96. The fourth-order valence-electron chi connectivity index (χ4n) is 1.96. The topological polar surface area (TPSA) is 55.6 Å². The van der Waals surface area contributed by atoms with Gasteiger partial charge in [-0.15, -0.1) is 0 Å². The third-order valence-electron chi connectivity index (χ3n) is 2.93. The Morgan fingerprint density at radius 2 is 2.00 bits per heavy atom. The number of fused-ring (bicyclic) bond motifs is 1. The van der Waals surface area contributed by atoms with Gasteiger partial charge in [0.2, 0.25) is 0 Å². The van der Waals surface area contributed by atoms with Crippen LogP contribution in [0.4, 0.5) is 0 Å². The summed E-state index contributed by atoms with van der Waals surface area (Å²) in [5.74, 6) is 0. The molecule has 0 spiro atoms. The zero-order valence-electron chi connectivity index (χ0n) is 10.7. The Bertz CT molecular complexity index is 689. The van der Waals surface area contributed by atoms with Gasteiger partial charge in [0.05, 0.1) is 22.9 Å². The quantitative estimate of drug-likeness (QED) is 0.772. The molecule has 0 saturated heterocycles. The lowest BCUT2D eigenvalue weighted by Gasteiger charge is -2.02. The molecule has 0 bridgehead atoms. The largest absolute Gasteiger partial charge is 0.313 e. The van der Waals surface area contributed by atoms with E-state index in [0.717, 1.165) is 29.8 Å². The number of nitrogens with zero attached hydrogens (tertiary/aromatic N) is 4. The maximum Gasteiger partial charge on any atom is 0.0908 e. The Balaban J connectivity index is 1.92. The van der Waals surface area contributed by atoms with Crippen LogP contribution in [0.1, 0.15) is 12.5 Å². The van der Waals surface area contributed by atoms with Crippen LogP contribution < -0.4 is 5.32 Å². The molecular weight excluding hydrogens is 238 g/mol. The highest BCUT2D eigenvalue weighted by molar-refractivity contribution is 5.76. The highest BCUT2D eigenvalue weighted by Gasteiger charge is 2.03. The van der Waals surface area contributed by atoms with Gasteiger partial charge >= 0.3 is 0 Å². The number of hydrogen-bond acceptors (Lipinski definition) is 4. The normalized spacial score (nSPS) is 11.0. The standard InChI is InChI=1S/C14H15N5/c1-2-15-8-11-9-18-19(10-11)12-3-4-13-14(7-12)17-6-5-16-13/h3-7,9-10,15H,2,8H2,1H3. The second-order valence-electron chi connectivity index (χ2n) is 4.30. The van der Waals surface area contributed by atoms with Crippen molar-refractivity contribution < 1.29 is 0 Å². The van der Waals surface area contributed by atoms with E-state index in [-0.39, 0.29) is 0 Å². The molecule has 0 aliphatic heterocycles. The first-order valence-electron chi connectivity index (χ1n) is 6.32. The Hall–Kier alpha value is -2.27. The van der Waals surface area contributed by atoms with E-state index >= 15 is 0 Å². The summed E-state index contributed by atoms with van der Waals surface area (Å²) < 4.78 is 1.86. The van der Waals surface area contributed by atoms with Crippen molar-refractivity contribution in [1.82, 2.24) is 25.1 Å². The summed E-state index contributed by atoms with van der Waals surface area (Å²) in [5, 5.41) is 7.66. The Morgan fingerprint density at radius 3 is 2.84 bits per heavy atom. The minimum atomic E-state index is 0.837. The second kappa shape index (κ2) is 5.16. The van der Waals surface area contributed by atoms with Crippen LogP contribution in [0.5, 0.6) is 0 Å². The summed E-state index contributed by atoms with van der Waals surface area (Å²) in [4.78, 5) is 8.57. The van der Waals surface area contributed by atoms with Crippen molar-refractivity contribution in [2.24, 2.45) is 0 Å². The molecule has 1 aromatic carbocycles. The predicted octanol–water partition coefficient (Wildman–Crippen LogP) is 1.92. The molecule has 96 valence electrons. The van der Waals surface area contributed by atoms with Gasteiger partial charge in [0.15, 0.2) is 0 Å². The lowest BCUT2D eigenvalue weighted by molar-refractivity contribution is 0.726. The zero-order valence-corrected chi connectivity index (χ0v) is 10.7. The number of rotatable bonds is 4. The van der Waals surface area contributed by atoms with Crippen molar-refractivity contribution >= 4 is 11.0 Å². The predicted molar refractivity (Wildman–Crippen MR) is 74.0 cm³/mol. The van der Waals surface area contributed by atoms with Crippen molar-refractivity contribution in [3.63, 3.8) is 0 Å². The molecule has 0 atom stereocenters. The van der Waals surface area contributed by atoms with E-state index in [1.54, 1.807) is 12.4 Å². The molecule has 19 heavy (non-hydrogen) atoms. The van der Waals surface area contributed by atoms with Crippen LogP contribution in [0.2, 0.25) is 0 Å². The van der Waals surface area contributed by atoms with Gasteiger partial charge in [-0.25, -0.2) is 4.68 Å². The van der Waals surface area contributed by atoms with E-state index in [9.17, 15) is 0 Å². The smallest absolute Gasteiger partial charge is 0.0908 e. The molecule has 2 aromatic heterocycles. The molecule has 0 aliphatic carbocycles. The third-order valence-corrected chi connectivity index (χ3v) is 2.93. The summed E-state index contributed by atoms with van der Waals surface area (Å²) in [5.41, 5.74) is 3.94. The maximum absolute atomic E-state index is 4.37. The van der Waals surface area contributed by atoms with Crippen LogP contribution in [0, 0.1) is 0 Å². The minimum absolute atomic E-state index is 0.837. The van der Waals surface area contributed by atoms with Crippen molar-refractivity contribution in [3.05, 3.63) is 48.5 Å². The van der Waals surface area contributed by atoms with Gasteiger partial charge in [-0.05, 0) is 24.7 Å². The van der Waals surface area contributed by atoms with Gasteiger partial charge in [0.25, 0.3) is 0 Å². The van der Waals surface area contributed by atoms with Crippen molar-refractivity contribution in [2.45, 2.75) is 13.5 Å². The van der Waals surface area contributed by atoms with Gasteiger partial charge in [-0.2, -0.15) is 5.10 Å². The van der Waals surface area contributed by atoms with Gasteiger partial charge in [-0.1, -0.05) is 6.92 Å². The Labute approximate surface area is 111 Å². The zero-order chi connectivity index (χ0) is 13.1. The number of nitrogens with one attached hydrogen (secondary N) is 1. The maximum atomic E-state index is 4.37. The SMILES string of the molecule is CCNCc1cnn(-c2ccc3nccnc3c2)c1. The van der Waals surface area contributed by atoms with E-state index < -0.39 is 0 Å². The van der Waals surface area contributed by atoms with Crippen LogP contribution in [0.3, 0.4) is 0 Å². The van der Waals surface area contributed by atoms with E-state index in [0.29, 0.717) is 0 Å². The van der Waals surface area contributed by atoms with E-state index in [1.165, 1.54) is 5.56 Å². The number of benzene rings is 1. The first-order chi connectivity index (χ1) is 9.36. The molecule has 2 heterocycles. The summed E-state index contributed by atoms with van der Waals surface area (Å²) in [6.07, 6.45) is 7.31.